The number of aromatic nitrogens is 2. The zero-order valence-electron chi connectivity index (χ0n) is 13.6. The zero-order valence-corrected chi connectivity index (χ0v) is 14.4. The molecular weight excluding hydrogens is 312 g/mol. The molecule has 7 heteroatoms. The van der Waals surface area contributed by atoms with E-state index in [1.807, 2.05) is 6.07 Å². The number of hydrogen-bond donors (Lipinski definition) is 0. The molecule has 23 heavy (non-hydrogen) atoms. The summed E-state index contributed by atoms with van der Waals surface area (Å²) in [7, 11) is -3.11. The minimum atomic E-state index is -3.11. The molecule has 0 spiro atoms. The molecule has 6 nitrogen and oxygen atoms in total. The number of likely N-dealkylation sites (tertiary alicyclic amines) is 1. The fourth-order valence-corrected chi connectivity index (χ4v) is 5.70. The number of nitrogens with zero attached hydrogens (tertiary/aromatic N) is 4. The number of hydrogen-bond acceptors (Lipinski definition) is 4. The summed E-state index contributed by atoms with van der Waals surface area (Å²) < 4.78 is 29.0. The molecule has 4 rings (SSSR count). The summed E-state index contributed by atoms with van der Waals surface area (Å²) in [5.41, 5.74) is 1.03. The maximum absolute atomic E-state index is 12.6. The summed E-state index contributed by atoms with van der Waals surface area (Å²) in [6.07, 6.45) is 8.37. The Morgan fingerprint density at radius 1 is 1.17 bits per heavy atom. The van der Waals surface area contributed by atoms with Crippen molar-refractivity contribution in [1.82, 2.24) is 19.0 Å². The van der Waals surface area contributed by atoms with Crippen LogP contribution in [-0.2, 0) is 16.6 Å². The summed E-state index contributed by atoms with van der Waals surface area (Å²) in [6, 6.07) is 2.13. The molecule has 1 saturated carbocycles. The van der Waals surface area contributed by atoms with Gasteiger partial charge in [-0.05, 0) is 51.3 Å². The van der Waals surface area contributed by atoms with Gasteiger partial charge in [-0.3, -0.25) is 4.68 Å². The van der Waals surface area contributed by atoms with Crippen LogP contribution in [0.1, 0.15) is 50.3 Å². The monoisotopic (exact) mass is 338 g/mol. The molecule has 3 aliphatic rings. The molecule has 0 N–H and O–H groups in total. The predicted molar refractivity (Wildman–Crippen MR) is 88.5 cm³/mol. The van der Waals surface area contributed by atoms with Gasteiger partial charge in [0.1, 0.15) is 0 Å². The summed E-state index contributed by atoms with van der Waals surface area (Å²) in [5, 5.41) is 4.33. The van der Waals surface area contributed by atoms with Crippen molar-refractivity contribution >= 4 is 10.0 Å². The first-order chi connectivity index (χ1) is 11.1. The van der Waals surface area contributed by atoms with Gasteiger partial charge in [-0.1, -0.05) is 6.42 Å². The predicted octanol–water partition coefficient (Wildman–Crippen LogP) is 1.61. The standard InChI is InChI=1S/C16H26N4O2S/c21-23(22,16-4-5-16)19-12-14-6-8-17-20(14)15(13-19)7-11-18-9-2-1-3-10-18/h6,8,15-16H,1-5,7,9-13H2/t15-/m0/s1. The second-order valence-corrected chi connectivity index (χ2v) is 9.36. The van der Waals surface area contributed by atoms with Crippen LogP contribution in [0.3, 0.4) is 0 Å². The highest BCUT2D eigenvalue weighted by molar-refractivity contribution is 7.90. The van der Waals surface area contributed by atoms with E-state index >= 15 is 0 Å². The van der Waals surface area contributed by atoms with Crippen LogP contribution in [0.5, 0.6) is 0 Å². The van der Waals surface area contributed by atoms with Gasteiger partial charge in [0.05, 0.1) is 23.5 Å². The van der Waals surface area contributed by atoms with Crippen LogP contribution in [0.2, 0.25) is 0 Å². The van der Waals surface area contributed by atoms with Crippen LogP contribution in [0.25, 0.3) is 0 Å². The third-order valence-electron chi connectivity index (χ3n) is 5.38. The van der Waals surface area contributed by atoms with Crippen LogP contribution in [0.15, 0.2) is 12.3 Å². The average Bonchev–Trinajstić information content (AvgIpc) is 3.32. The van der Waals surface area contributed by atoms with E-state index in [0.717, 1.165) is 31.5 Å². The van der Waals surface area contributed by atoms with Crippen molar-refractivity contribution in [3.05, 3.63) is 18.0 Å². The van der Waals surface area contributed by atoms with E-state index in [1.165, 1.54) is 32.4 Å². The highest BCUT2D eigenvalue weighted by Gasteiger charge is 2.42. The lowest BCUT2D eigenvalue weighted by Gasteiger charge is -2.35. The molecule has 2 fully saturated rings. The maximum atomic E-state index is 12.6. The normalized spacial score (nSPS) is 27.0. The fourth-order valence-electron chi connectivity index (χ4n) is 3.85. The largest absolute Gasteiger partial charge is 0.303 e. The summed E-state index contributed by atoms with van der Waals surface area (Å²) in [4.78, 5) is 2.51. The van der Waals surface area contributed by atoms with E-state index in [-0.39, 0.29) is 11.3 Å². The molecule has 1 saturated heterocycles. The van der Waals surface area contributed by atoms with E-state index in [9.17, 15) is 8.42 Å². The number of rotatable bonds is 5. The quantitative estimate of drug-likeness (QED) is 0.818. The Labute approximate surface area is 138 Å². The molecule has 1 aromatic rings. The van der Waals surface area contributed by atoms with Crippen LogP contribution in [-0.4, -0.2) is 58.8 Å². The minimum Gasteiger partial charge on any atom is -0.303 e. The van der Waals surface area contributed by atoms with Crippen LogP contribution < -0.4 is 0 Å². The second kappa shape index (κ2) is 6.18. The minimum absolute atomic E-state index is 0.125. The lowest BCUT2D eigenvalue weighted by Crippen LogP contribution is -2.43. The van der Waals surface area contributed by atoms with Crippen molar-refractivity contribution in [3.8, 4) is 0 Å². The van der Waals surface area contributed by atoms with Gasteiger partial charge in [0.25, 0.3) is 0 Å². The molecular formula is C16H26N4O2S. The second-order valence-electron chi connectivity index (χ2n) is 7.15. The van der Waals surface area contributed by atoms with Gasteiger partial charge in [-0.15, -0.1) is 0 Å². The van der Waals surface area contributed by atoms with Gasteiger partial charge in [0, 0.05) is 19.3 Å². The lowest BCUT2D eigenvalue weighted by atomic mass is 10.1. The molecule has 1 aliphatic carbocycles. The van der Waals surface area contributed by atoms with Gasteiger partial charge in [0.2, 0.25) is 10.0 Å². The van der Waals surface area contributed by atoms with Gasteiger partial charge >= 0.3 is 0 Å². The Morgan fingerprint density at radius 3 is 2.70 bits per heavy atom. The molecule has 2 aliphatic heterocycles. The zero-order chi connectivity index (χ0) is 15.9. The Balaban J connectivity index is 1.47. The van der Waals surface area contributed by atoms with E-state index in [1.54, 1.807) is 10.5 Å². The van der Waals surface area contributed by atoms with Crippen molar-refractivity contribution in [2.24, 2.45) is 0 Å². The van der Waals surface area contributed by atoms with Crippen LogP contribution >= 0.6 is 0 Å². The first-order valence-corrected chi connectivity index (χ1v) is 10.4. The smallest absolute Gasteiger partial charge is 0.217 e. The van der Waals surface area contributed by atoms with E-state index in [2.05, 4.69) is 14.7 Å². The maximum Gasteiger partial charge on any atom is 0.217 e. The first-order valence-electron chi connectivity index (χ1n) is 8.88. The molecule has 0 amide bonds. The topological polar surface area (TPSA) is 58.4 Å². The van der Waals surface area contributed by atoms with Gasteiger partial charge in [0.15, 0.2) is 0 Å². The van der Waals surface area contributed by atoms with Gasteiger partial charge in [-0.25, -0.2) is 8.42 Å². The van der Waals surface area contributed by atoms with Crippen molar-refractivity contribution in [2.45, 2.75) is 56.4 Å². The fraction of sp³-hybridized carbons (Fsp3) is 0.812. The molecule has 0 aromatic carbocycles. The summed E-state index contributed by atoms with van der Waals surface area (Å²) in [5.74, 6) is 0. The molecule has 0 bridgehead atoms. The van der Waals surface area contributed by atoms with E-state index in [4.69, 9.17) is 0 Å². The molecule has 128 valence electrons. The Morgan fingerprint density at radius 2 is 1.96 bits per heavy atom. The Bertz CT molecular complexity index is 647. The third-order valence-corrected chi connectivity index (χ3v) is 7.70. The summed E-state index contributed by atoms with van der Waals surface area (Å²) in [6.45, 7) is 4.48. The molecule has 3 heterocycles. The van der Waals surface area contributed by atoms with Crippen LogP contribution in [0.4, 0.5) is 0 Å². The molecule has 0 unspecified atom stereocenters. The average molecular weight is 338 g/mol. The highest BCUT2D eigenvalue weighted by Crippen LogP contribution is 2.34. The van der Waals surface area contributed by atoms with Gasteiger partial charge < -0.3 is 4.90 Å². The van der Waals surface area contributed by atoms with Crippen molar-refractivity contribution in [3.63, 3.8) is 0 Å². The third kappa shape index (κ3) is 3.19. The number of fused-ring (bicyclic) bond motifs is 1. The van der Waals surface area contributed by atoms with Gasteiger partial charge in [-0.2, -0.15) is 9.40 Å². The van der Waals surface area contributed by atoms with Crippen molar-refractivity contribution in [1.29, 1.82) is 0 Å². The first kappa shape index (κ1) is 15.6. The lowest BCUT2D eigenvalue weighted by molar-refractivity contribution is 0.188. The molecule has 0 radical (unpaired) electrons. The Kier molecular flexibility index (Phi) is 4.19. The van der Waals surface area contributed by atoms with Crippen LogP contribution in [0, 0.1) is 0 Å². The molecule has 1 aromatic heterocycles. The van der Waals surface area contributed by atoms with Crippen molar-refractivity contribution in [2.75, 3.05) is 26.2 Å². The number of piperidine rings is 1. The summed E-state index contributed by atoms with van der Waals surface area (Å²) >= 11 is 0. The SMILES string of the molecule is O=S(=O)(C1CC1)N1Cc2ccnn2[C@@H](CCN2CCCCC2)C1. The van der Waals surface area contributed by atoms with E-state index < -0.39 is 10.0 Å². The van der Waals surface area contributed by atoms with E-state index in [0.29, 0.717) is 13.1 Å². The van der Waals surface area contributed by atoms with Crippen molar-refractivity contribution < 1.29 is 8.42 Å². The highest BCUT2D eigenvalue weighted by atomic mass is 32.2. The number of sulfonamides is 1. The Hall–Kier alpha value is -0.920. The molecule has 1 atom stereocenters.